The van der Waals surface area contributed by atoms with Crippen molar-refractivity contribution in [2.75, 3.05) is 19.7 Å². The van der Waals surface area contributed by atoms with Crippen LogP contribution in [0.1, 0.15) is 10.6 Å². The van der Waals surface area contributed by atoms with Gasteiger partial charge in [0.05, 0.1) is 25.9 Å². The number of carbonyl (C=O) groups excluding carboxylic acids is 1. The van der Waals surface area contributed by atoms with Crippen LogP contribution in [0.25, 0.3) is 0 Å². The lowest BCUT2D eigenvalue weighted by atomic mass is 10.2. The van der Waals surface area contributed by atoms with Crippen LogP contribution in [-0.2, 0) is 17.9 Å². The molecule has 0 saturated heterocycles. The van der Waals surface area contributed by atoms with E-state index in [4.69, 9.17) is 13.9 Å². The van der Waals surface area contributed by atoms with Crippen molar-refractivity contribution in [3.63, 3.8) is 0 Å². The molecule has 0 bridgehead atoms. The lowest BCUT2D eigenvalue weighted by molar-refractivity contribution is -0.123. The highest BCUT2D eigenvalue weighted by molar-refractivity contribution is 7.09. The highest BCUT2D eigenvalue weighted by atomic mass is 32.1. The number of nitrogens with one attached hydrogen (secondary N) is 1. The molecule has 7 heteroatoms. The largest absolute Gasteiger partial charge is 0.486 e. The monoisotopic (exact) mass is 398 g/mol. The van der Waals surface area contributed by atoms with E-state index in [1.807, 2.05) is 47.8 Å². The van der Waals surface area contributed by atoms with Gasteiger partial charge in [0.15, 0.2) is 11.5 Å². The number of rotatable bonds is 8. The lowest BCUT2D eigenvalue weighted by Gasteiger charge is -2.27. The number of nitrogens with zero attached hydrogens (tertiary/aromatic N) is 1. The molecule has 1 aliphatic rings. The Bertz CT molecular complexity index is 843. The zero-order valence-corrected chi connectivity index (χ0v) is 16.2. The van der Waals surface area contributed by atoms with Crippen molar-refractivity contribution in [2.24, 2.45) is 0 Å². The summed E-state index contributed by atoms with van der Waals surface area (Å²) in [6.45, 7) is 2.38. The van der Waals surface area contributed by atoms with Crippen LogP contribution in [0.5, 0.6) is 11.5 Å². The number of hydrogen-bond acceptors (Lipinski definition) is 6. The molecule has 4 rings (SSSR count). The Morgan fingerprint density at radius 3 is 2.79 bits per heavy atom. The summed E-state index contributed by atoms with van der Waals surface area (Å²) in [4.78, 5) is 15.8. The number of fused-ring (bicyclic) bond motifs is 1. The summed E-state index contributed by atoms with van der Waals surface area (Å²) in [5.41, 5.74) is 0. The highest BCUT2D eigenvalue weighted by Crippen LogP contribution is 2.30. The van der Waals surface area contributed by atoms with E-state index >= 15 is 0 Å². The minimum atomic E-state index is -0.199. The summed E-state index contributed by atoms with van der Waals surface area (Å²) >= 11 is 1.68. The highest BCUT2D eigenvalue weighted by Gasteiger charge is 2.21. The zero-order valence-electron chi connectivity index (χ0n) is 15.4. The van der Waals surface area contributed by atoms with Gasteiger partial charge in [0, 0.05) is 11.4 Å². The average Bonchev–Trinajstić information content (AvgIpc) is 3.40. The number of thiophene rings is 1. The number of carbonyl (C=O) groups is 1. The van der Waals surface area contributed by atoms with Crippen molar-refractivity contribution >= 4 is 17.2 Å². The Labute approximate surface area is 167 Å². The Kier molecular flexibility index (Phi) is 5.94. The minimum absolute atomic E-state index is 0.0504. The fourth-order valence-electron chi connectivity index (χ4n) is 3.06. The van der Waals surface area contributed by atoms with E-state index in [2.05, 4.69) is 16.3 Å². The summed E-state index contributed by atoms with van der Waals surface area (Å²) in [5, 5.41) is 5.00. The minimum Gasteiger partial charge on any atom is -0.486 e. The van der Waals surface area contributed by atoms with Crippen LogP contribution in [0.4, 0.5) is 0 Å². The smallest absolute Gasteiger partial charge is 0.234 e. The number of para-hydroxylation sites is 2. The summed E-state index contributed by atoms with van der Waals surface area (Å²) in [7, 11) is 0. The molecule has 1 amide bonds. The molecule has 1 aliphatic heterocycles. The Morgan fingerprint density at radius 2 is 2.00 bits per heavy atom. The summed E-state index contributed by atoms with van der Waals surface area (Å²) in [5.74, 6) is 2.24. The van der Waals surface area contributed by atoms with E-state index < -0.39 is 0 Å². The molecule has 146 valence electrons. The maximum atomic E-state index is 12.5. The Morgan fingerprint density at radius 1 is 1.11 bits per heavy atom. The Balaban J connectivity index is 1.30. The normalized spacial score (nSPS) is 15.5. The zero-order chi connectivity index (χ0) is 19.2. The van der Waals surface area contributed by atoms with Gasteiger partial charge in [-0.2, -0.15) is 0 Å². The van der Waals surface area contributed by atoms with Crippen molar-refractivity contribution in [3.8, 4) is 11.5 Å². The topological polar surface area (TPSA) is 63.9 Å². The third kappa shape index (κ3) is 4.94. The first kappa shape index (κ1) is 18.6. The van der Waals surface area contributed by atoms with Crippen molar-refractivity contribution < 1.29 is 18.7 Å². The van der Waals surface area contributed by atoms with Gasteiger partial charge in [-0.3, -0.25) is 9.69 Å². The van der Waals surface area contributed by atoms with Crippen molar-refractivity contribution in [2.45, 2.75) is 19.2 Å². The van der Waals surface area contributed by atoms with Gasteiger partial charge in [-0.05, 0) is 35.7 Å². The third-order valence-corrected chi connectivity index (χ3v) is 5.24. The molecule has 0 radical (unpaired) electrons. The predicted octanol–water partition coefficient (Wildman–Crippen LogP) is 3.30. The second-order valence-corrected chi connectivity index (χ2v) is 7.64. The van der Waals surface area contributed by atoms with Crippen LogP contribution < -0.4 is 14.8 Å². The standard InChI is InChI=1S/C21H22N2O4S/c24-21(22-11-17-15-26-19-7-1-2-8-20(19)27-17)14-23(12-16-5-3-9-25-16)13-18-6-4-10-28-18/h1-10,17H,11-15H2,(H,22,24)/t17-/m1/s1. The fourth-order valence-corrected chi connectivity index (χ4v) is 3.81. The van der Waals surface area contributed by atoms with E-state index in [9.17, 15) is 4.79 Å². The van der Waals surface area contributed by atoms with Gasteiger partial charge >= 0.3 is 0 Å². The lowest BCUT2D eigenvalue weighted by Crippen LogP contribution is -2.44. The van der Waals surface area contributed by atoms with E-state index in [1.165, 1.54) is 4.88 Å². The van der Waals surface area contributed by atoms with Crippen molar-refractivity contribution in [1.29, 1.82) is 0 Å². The van der Waals surface area contributed by atoms with Crippen LogP contribution in [0.15, 0.2) is 64.6 Å². The molecule has 28 heavy (non-hydrogen) atoms. The molecule has 2 aromatic heterocycles. The predicted molar refractivity (Wildman–Crippen MR) is 107 cm³/mol. The SMILES string of the molecule is O=C(CN(Cc1ccco1)Cc1cccs1)NC[C@@H]1COc2ccccc2O1. The van der Waals surface area contributed by atoms with Gasteiger partial charge in [0.1, 0.15) is 18.5 Å². The maximum Gasteiger partial charge on any atom is 0.234 e. The fraction of sp³-hybridized carbons (Fsp3) is 0.286. The third-order valence-electron chi connectivity index (χ3n) is 4.38. The van der Waals surface area contributed by atoms with Gasteiger partial charge in [0.2, 0.25) is 5.91 Å². The molecular weight excluding hydrogens is 376 g/mol. The number of hydrogen-bond donors (Lipinski definition) is 1. The van der Waals surface area contributed by atoms with E-state index in [-0.39, 0.29) is 18.6 Å². The molecule has 1 atom stereocenters. The van der Waals surface area contributed by atoms with Crippen LogP contribution >= 0.6 is 11.3 Å². The molecule has 0 fully saturated rings. The van der Waals surface area contributed by atoms with Crippen LogP contribution in [0.3, 0.4) is 0 Å². The van der Waals surface area contributed by atoms with E-state index in [0.717, 1.165) is 11.5 Å². The summed E-state index contributed by atoms with van der Waals surface area (Å²) in [6, 6.07) is 15.4. The number of amides is 1. The quantitative estimate of drug-likeness (QED) is 0.631. The number of ether oxygens (including phenoxy) is 2. The summed E-state index contributed by atoms with van der Waals surface area (Å²) < 4.78 is 17.0. The first-order valence-corrected chi connectivity index (χ1v) is 10.1. The first-order chi connectivity index (χ1) is 13.8. The number of benzene rings is 1. The van der Waals surface area contributed by atoms with Crippen LogP contribution in [0.2, 0.25) is 0 Å². The van der Waals surface area contributed by atoms with Crippen molar-refractivity contribution in [3.05, 3.63) is 70.8 Å². The molecule has 1 N–H and O–H groups in total. The van der Waals surface area contributed by atoms with Crippen molar-refractivity contribution in [1.82, 2.24) is 10.2 Å². The Hall–Kier alpha value is -2.77. The second-order valence-electron chi connectivity index (χ2n) is 6.61. The molecule has 0 aliphatic carbocycles. The van der Waals surface area contributed by atoms with E-state index in [1.54, 1.807) is 17.6 Å². The number of furan rings is 1. The average molecular weight is 398 g/mol. The molecule has 1 aromatic carbocycles. The van der Waals surface area contributed by atoms with Gasteiger partial charge in [0.25, 0.3) is 0 Å². The summed E-state index contributed by atoms with van der Waals surface area (Å²) in [6.07, 6.45) is 1.45. The molecule has 3 heterocycles. The molecule has 0 unspecified atom stereocenters. The van der Waals surface area contributed by atoms with Gasteiger partial charge in [-0.25, -0.2) is 0 Å². The maximum absolute atomic E-state index is 12.5. The van der Waals surface area contributed by atoms with Crippen LogP contribution in [0, 0.1) is 0 Å². The second kappa shape index (κ2) is 8.95. The molecular formula is C21H22N2O4S. The van der Waals surface area contributed by atoms with Gasteiger partial charge < -0.3 is 19.2 Å². The van der Waals surface area contributed by atoms with Gasteiger partial charge in [-0.15, -0.1) is 11.3 Å². The first-order valence-electron chi connectivity index (χ1n) is 9.18. The van der Waals surface area contributed by atoms with Gasteiger partial charge in [-0.1, -0.05) is 18.2 Å². The molecule has 0 saturated carbocycles. The van der Waals surface area contributed by atoms with Crippen LogP contribution in [-0.4, -0.2) is 36.6 Å². The molecule has 6 nitrogen and oxygen atoms in total. The molecule has 0 spiro atoms. The molecule has 3 aromatic rings. The van der Waals surface area contributed by atoms with E-state index in [0.29, 0.717) is 32.0 Å².